The Morgan fingerprint density at radius 1 is 1.06 bits per heavy atom. The van der Waals surface area contributed by atoms with E-state index < -0.39 is 50.6 Å². The Bertz CT molecular complexity index is 1290. The first-order valence-electron chi connectivity index (χ1n) is 9.93. The molecule has 1 aliphatic heterocycles. The molecule has 0 N–H and O–H groups in total. The highest BCUT2D eigenvalue weighted by Gasteiger charge is 2.57. The second-order valence-corrected chi connectivity index (χ2v) is 8.88. The molecular weight excluding hydrogens is 498 g/mol. The number of fused-ring (bicyclic) bond motifs is 1. The lowest BCUT2D eigenvalue weighted by Crippen LogP contribution is -2.54. The standard InChI is InChI=1S/C22H19F4NO7S/c1-4-34-21(29)19-18(20(28)33-3)17(12-5-7-13(23)8-6-12)15-10-9-14(32-2)11-16(15)27(19)35(30,31)22(24,25)26/h5-11,19H,4H2,1-3H3. The highest BCUT2D eigenvalue weighted by Crippen LogP contribution is 2.47. The zero-order valence-corrected chi connectivity index (χ0v) is 19.4. The second kappa shape index (κ2) is 9.56. The molecule has 0 spiro atoms. The van der Waals surface area contributed by atoms with Crippen LogP contribution in [-0.4, -0.2) is 52.7 Å². The Hall–Kier alpha value is -3.61. The van der Waals surface area contributed by atoms with Crippen LogP contribution in [0.3, 0.4) is 0 Å². The fourth-order valence-electron chi connectivity index (χ4n) is 3.64. The molecule has 35 heavy (non-hydrogen) atoms. The van der Waals surface area contributed by atoms with Crippen molar-refractivity contribution < 1.29 is 49.8 Å². The molecule has 0 saturated carbocycles. The second-order valence-electron chi connectivity index (χ2n) is 7.07. The van der Waals surface area contributed by atoms with E-state index >= 15 is 0 Å². The number of hydrogen-bond acceptors (Lipinski definition) is 7. The summed E-state index contributed by atoms with van der Waals surface area (Å²) in [5, 5.41) is 0. The van der Waals surface area contributed by atoms with Crippen molar-refractivity contribution >= 4 is 33.2 Å². The summed E-state index contributed by atoms with van der Waals surface area (Å²) in [6.07, 6.45) is 0. The number of methoxy groups -OCH3 is 2. The molecular formula is C22H19F4NO7S. The number of halogens is 4. The molecule has 8 nitrogen and oxygen atoms in total. The molecule has 0 saturated heterocycles. The largest absolute Gasteiger partial charge is 0.516 e. The summed E-state index contributed by atoms with van der Waals surface area (Å²) >= 11 is 0. The average Bonchev–Trinajstić information content (AvgIpc) is 2.81. The smallest absolute Gasteiger partial charge is 0.497 e. The monoisotopic (exact) mass is 517 g/mol. The molecule has 13 heteroatoms. The van der Waals surface area contributed by atoms with Gasteiger partial charge in [-0.3, -0.25) is 0 Å². The van der Waals surface area contributed by atoms with E-state index in [1.807, 2.05) is 0 Å². The molecule has 188 valence electrons. The summed E-state index contributed by atoms with van der Waals surface area (Å²) in [7, 11) is -4.15. The first-order valence-corrected chi connectivity index (χ1v) is 11.4. The Morgan fingerprint density at radius 2 is 1.69 bits per heavy atom. The van der Waals surface area contributed by atoms with Gasteiger partial charge in [-0.25, -0.2) is 18.3 Å². The van der Waals surface area contributed by atoms with Crippen molar-refractivity contribution in [2.24, 2.45) is 0 Å². The quantitative estimate of drug-likeness (QED) is 0.428. The van der Waals surface area contributed by atoms with E-state index in [1.165, 1.54) is 38.3 Å². The minimum Gasteiger partial charge on any atom is -0.497 e. The summed E-state index contributed by atoms with van der Waals surface area (Å²) in [6.45, 7) is 1.02. The van der Waals surface area contributed by atoms with Crippen LogP contribution in [0.25, 0.3) is 5.57 Å². The third-order valence-corrected chi connectivity index (χ3v) is 6.60. The predicted molar refractivity (Wildman–Crippen MR) is 115 cm³/mol. The summed E-state index contributed by atoms with van der Waals surface area (Å²) in [6, 6.07) is 5.60. The van der Waals surface area contributed by atoms with Gasteiger partial charge in [0, 0.05) is 17.2 Å². The summed E-state index contributed by atoms with van der Waals surface area (Å²) in [4.78, 5) is 25.9. The Morgan fingerprint density at radius 3 is 2.20 bits per heavy atom. The van der Waals surface area contributed by atoms with E-state index in [9.17, 15) is 35.6 Å². The SMILES string of the molecule is CCOC(=O)C1C(C(=O)OC)=C(c2ccc(F)cc2)c2ccc(OC)cc2N1S(=O)(=O)C(F)(F)F. The van der Waals surface area contributed by atoms with Gasteiger partial charge < -0.3 is 14.2 Å². The molecule has 1 aliphatic rings. The number of hydrogen-bond donors (Lipinski definition) is 0. The van der Waals surface area contributed by atoms with Gasteiger partial charge in [-0.1, -0.05) is 12.1 Å². The number of esters is 2. The van der Waals surface area contributed by atoms with Gasteiger partial charge >= 0.3 is 27.5 Å². The lowest BCUT2D eigenvalue weighted by Gasteiger charge is -2.38. The topological polar surface area (TPSA) is 99.2 Å². The van der Waals surface area contributed by atoms with Crippen molar-refractivity contribution in [1.29, 1.82) is 0 Å². The van der Waals surface area contributed by atoms with E-state index in [-0.39, 0.29) is 33.4 Å². The van der Waals surface area contributed by atoms with Crippen LogP contribution in [0.15, 0.2) is 48.0 Å². The maximum absolute atomic E-state index is 13.8. The predicted octanol–water partition coefficient (Wildman–Crippen LogP) is 3.41. The van der Waals surface area contributed by atoms with Gasteiger partial charge in [0.25, 0.3) is 0 Å². The Balaban J connectivity index is 2.55. The lowest BCUT2D eigenvalue weighted by molar-refractivity contribution is -0.146. The van der Waals surface area contributed by atoms with Gasteiger partial charge in [0.2, 0.25) is 0 Å². The molecule has 3 rings (SSSR count). The lowest BCUT2D eigenvalue weighted by atomic mass is 9.85. The number of ether oxygens (including phenoxy) is 3. The molecule has 0 fully saturated rings. The number of nitrogens with zero attached hydrogens (tertiary/aromatic N) is 1. The molecule has 0 amide bonds. The minimum atomic E-state index is -6.26. The molecule has 0 bridgehead atoms. The number of carbonyl (C=O) groups is 2. The Kier molecular flexibility index (Phi) is 7.11. The van der Waals surface area contributed by atoms with Gasteiger partial charge in [0.15, 0.2) is 6.04 Å². The summed E-state index contributed by atoms with van der Waals surface area (Å²) in [5.74, 6) is -3.42. The van der Waals surface area contributed by atoms with Crippen LogP contribution in [0.1, 0.15) is 18.1 Å². The molecule has 2 aromatic carbocycles. The van der Waals surface area contributed by atoms with E-state index in [2.05, 4.69) is 0 Å². The molecule has 1 heterocycles. The van der Waals surface area contributed by atoms with E-state index in [1.54, 1.807) is 0 Å². The molecule has 2 aromatic rings. The molecule has 0 radical (unpaired) electrons. The van der Waals surface area contributed by atoms with Gasteiger partial charge in [-0.05, 0) is 36.8 Å². The Labute approximate surface area is 197 Å². The zero-order valence-electron chi connectivity index (χ0n) is 18.6. The third kappa shape index (κ3) is 4.55. The van der Waals surface area contributed by atoms with Crippen molar-refractivity contribution in [3.63, 3.8) is 0 Å². The maximum Gasteiger partial charge on any atom is 0.516 e. The van der Waals surface area contributed by atoms with Crippen molar-refractivity contribution in [3.8, 4) is 5.75 Å². The van der Waals surface area contributed by atoms with Crippen molar-refractivity contribution in [1.82, 2.24) is 0 Å². The first-order chi connectivity index (χ1) is 16.4. The summed E-state index contributed by atoms with van der Waals surface area (Å²) < 4.78 is 95.0. The van der Waals surface area contributed by atoms with Gasteiger partial charge in [0.1, 0.15) is 11.6 Å². The molecule has 1 atom stereocenters. The third-order valence-electron chi connectivity index (χ3n) is 5.09. The van der Waals surface area contributed by atoms with Crippen LogP contribution in [0.5, 0.6) is 5.75 Å². The maximum atomic E-state index is 13.8. The fourth-order valence-corrected chi connectivity index (χ4v) is 4.74. The summed E-state index contributed by atoms with van der Waals surface area (Å²) in [5.41, 5.74) is -7.40. The van der Waals surface area contributed by atoms with E-state index in [0.29, 0.717) is 0 Å². The first kappa shape index (κ1) is 26.0. The van der Waals surface area contributed by atoms with Crippen molar-refractivity contribution in [2.45, 2.75) is 18.5 Å². The van der Waals surface area contributed by atoms with Crippen LogP contribution in [0.2, 0.25) is 0 Å². The van der Waals surface area contributed by atoms with Crippen LogP contribution < -0.4 is 9.04 Å². The fraction of sp³-hybridized carbons (Fsp3) is 0.273. The molecule has 0 aromatic heterocycles. The highest BCUT2D eigenvalue weighted by atomic mass is 32.2. The van der Waals surface area contributed by atoms with Crippen LogP contribution in [0, 0.1) is 5.82 Å². The zero-order chi connectivity index (χ0) is 26.1. The number of alkyl halides is 3. The van der Waals surface area contributed by atoms with Gasteiger partial charge in [-0.15, -0.1) is 0 Å². The minimum absolute atomic E-state index is 0.0336. The highest BCUT2D eigenvalue weighted by molar-refractivity contribution is 7.93. The van der Waals surface area contributed by atoms with E-state index in [0.717, 1.165) is 25.3 Å². The molecule has 1 unspecified atom stereocenters. The van der Waals surface area contributed by atoms with Crippen molar-refractivity contribution in [2.75, 3.05) is 25.1 Å². The molecule has 0 aliphatic carbocycles. The number of rotatable bonds is 6. The van der Waals surface area contributed by atoms with Crippen LogP contribution in [0.4, 0.5) is 23.2 Å². The van der Waals surface area contributed by atoms with Crippen LogP contribution in [-0.2, 0) is 29.1 Å². The van der Waals surface area contributed by atoms with Crippen molar-refractivity contribution in [3.05, 3.63) is 65.0 Å². The van der Waals surface area contributed by atoms with Crippen LogP contribution >= 0.6 is 0 Å². The van der Waals surface area contributed by atoms with Gasteiger partial charge in [-0.2, -0.15) is 21.6 Å². The average molecular weight is 517 g/mol. The number of anilines is 1. The number of sulfonamides is 1. The number of benzene rings is 2. The number of carbonyl (C=O) groups excluding carboxylic acids is 2. The van der Waals surface area contributed by atoms with Gasteiger partial charge in [0.05, 0.1) is 32.1 Å². The van der Waals surface area contributed by atoms with E-state index in [4.69, 9.17) is 14.2 Å². The normalized spacial score (nSPS) is 16.0.